The van der Waals surface area contributed by atoms with Crippen LogP contribution in [0.2, 0.25) is 0 Å². The third-order valence-electron chi connectivity index (χ3n) is 4.82. The largest absolute Gasteiger partial charge is 0.497 e. The van der Waals surface area contributed by atoms with E-state index in [1.807, 2.05) is 24.3 Å². The van der Waals surface area contributed by atoms with Crippen molar-refractivity contribution in [3.63, 3.8) is 0 Å². The van der Waals surface area contributed by atoms with Gasteiger partial charge in [0, 0.05) is 6.42 Å². The summed E-state index contributed by atoms with van der Waals surface area (Å²) in [6, 6.07) is 7.87. The highest BCUT2D eigenvalue weighted by Crippen LogP contribution is 2.37. The Balaban J connectivity index is 2.19. The van der Waals surface area contributed by atoms with Crippen molar-refractivity contribution >= 4 is 5.78 Å². The average Bonchev–Trinajstić information content (AvgIpc) is 2.99. The van der Waals surface area contributed by atoms with Gasteiger partial charge < -0.3 is 4.74 Å². The summed E-state index contributed by atoms with van der Waals surface area (Å²) in [6.07, 6.45) is 4.86. The number of methoxy groups -OCH3 is 1. The second-order valence-electron chi connectivity index (χ2n) is 5.86. The lowest BCUT2D eigenvalue weighted by molar-refractivity contribution is -0.130. The molecule has 1 saturated carbocycles. The third kappa shape index (κ3) is 3.29. The summed E-state index contributed by atoms with van der Waals surface area (Å²) < 4.78 is 5.26. The van der Waals surface area contributed by atoms with E-state index in [2.05, 4.69) is 18.7 Å². The van der Waals surface area contributed by atoms with Crippen LogP contribution < -0.4 is 4.74 Å². The highest BCUT2D eigenvalue weighted by Gasteiger charge is 2.44. The number of likely N-dealkylation sites (N-methyl/N-ethyl adjacent to an activating group) is 1. The number of carbonyl (C=O) groups excluding carboxylic acids is 1. The quantitative estimate of drug-likeness (QED) is 0.770. The fraction of sp³-hybridized carbons (Fsp3) is 0.611. The molecule has 0 spiro atoms. The van der Waals surface area contributed by atoms with Gasteiger partial charge in [0.15, 0.2) is 5.78 Å². The smallest absolute Gasteiger partial charge is 0.157 e. The van der Waals surface area contributed by atoms with Gasteiger partial charge in [-0.05, 0) is 43.6 Å². The van der Waals surface area contributed by atoms with Gasteiger partial charge in [-0.1, -0.05) is 38.8 Å². The van der Waals surface area contributed by atoms with E-state index >= 15 is 0 Å². The van der Waals surface area contributed by atoms with Crippen LogP contribution in [0.25, 0.3) is 0 Å². The van der Waals surface area contributed by atoms with E-state index in [1.54, 1.807) is 7.11 Å². The van der Waals surface area contributed by atoms with Gasteiger partial charge >= 0.3 is 0 Å². The van der Waals surface area contributed by atoms with Gasteiger partial charge in [0.25, 0.3) is 0 Å². The minimum absolute atomic E-state index is 0.230. The number of benzene rings is 1. The van der Waals surface area contributed by atoms with Gasteiger partial charge in [0.05, 0.1) is 12.6 Å². The lowest BCUT2D eigenvalue weighted by atomic mass is 9.86. The van der Waals surface area contributed by atoms with Gasteiger partial charge in [-0.15, -0.1) is 0 Å². The van der Waals surface area contributed by atoms with Gasteiger partial charge in [0.1, 0.15) is 5.75 Å². The number of rotatable bonds is 7. The molecule has 2 rings (SSSR count). The molecule has 0 N–H and O–H groups in total. The molecule has 1 aromatic carbocycles. The fourth-order valence-electron chi connectivity index (χ4n) is 3.69. The van der Waals surface area contributed by atoms with Gasteiger partial charge in [-0.25, -0.2) is 0 Å². The normalized spacial score (nSPS) is 17.1. The van der Waals surface area contributed by atoms with Crippen LogP contribution in [0.3, 0.4) is 0 Å². The number of ketones is 1. The zero-order valence-electron chi connectivity index (χ0n) is 13.5. The molecule has 0 saturated heterocycles. The molecule has 0 unspecified atom stereocenters. The SMILES string of the molecule is CCN(CC)C1(C(=O)Cc2cccc(OC)c2)CCCC1. The van der Waals surface area contributed by atoms with E-state index in [-0.39, 0.29) is 5.54 Å². The maximum absolute atomic E-state index is 13.0. The average molecular weight is 289 g/mol. The summed E-state index contributed by atoms with van der Waals surface area (Å²) in [5, 5.41) is 0. The molecular formula is C18H27NO2. The summed E-state index contributed by atoms with van der Waals surface area (Å²) in [6.45, 7) is 6.20. The molecule has 3 nitrogen and oxygen atoms in total. The van der Waals surface area contributed by atoms with Gasteiger partial charge in [0.2, 0.25) is 0 Å². The Bertz CT molecular complexity index is 474. The molecule has 1 fully saturated rings. The molecule has 1 aliphatic rings. The highest BCUT2D eigenvalue weighted by atomic mass is 16.5. The van der Waals surface area contributed by atoms with Crippen LogP contribution in [0.1, 0.15) is 45.1 Å². The summed E-state index contributed by atoms with van der Waals surface area (Å²) in [5.41, 5.74) is 0.824. The number of nitrogens with zero attached hydrogens (tertiary/aromatic N) is 1. The Labute approximate surface area is 128 Å². The molecular weight excluding hydrogens is 262 g/mol. The molecule has 1 aromatic rings. The van der Waals surface area contributed by atoms with E-state index in [1.165, 1.54) is 12.8 Å². The summed E-state index contributed by atoms with van der Waals surface area (Å²) in [4.78, 5) is 15.4. The van der Waals surface area contributed by atoms with Crippen LogP contribution in [0.15, 0.2) is 24.3 Å². The monoisotopic (exact) mass is 289 g/mol. The van der Waals surface area contributed by atoms with E-state index in [0.29, 0.717) is 12.2 Å². The Hall–Kier alpha value is -1.35. The first kappa shape index (κ1) is 16.0. The second-order valence-corrected chi connectivity index (χ2v) is 5.86. The molecule has 116 valence electrons. The number of hydrogen-bond donors (Lipinski definition) is 0. The standard InChI is InChI=1S/C18H27NO2/c1-4-19(5-2)18(11-6-7-12-18)17(20)14-15-9-8-10-16(13-15)21-3/h8-10,13H,4-7,11-12,14H2,1-3H3. The minimum Gasteiger partial charge on any atom is -0.497 e. The van der Waals surface area contributed by atoms with Crippen LogP contribution in [0, 0.1) is 0 Å². The van der Waals surface area contributed by atoms with E-state index in [9.17, 15) is 4.79 Å². The lowest BCUT2D eigenvalue weighted by Gasteiger charge is -2.39. The molecule has 0 radical (unpaired) electrons. The van der Waals surface area contributed by atoms with Crippen LogP contribution in [0.4, 0.5) is 0 Å². The Kier molecular flexibility index (Phi) is 5.40. The molecule has 0 amide bonds. The van der Waals surface area contributed by atoms with Crippen molar-refractivity contribution in [1.29, 1.82) is 0 Å². The van der Waals surface area contributed by atoms with Crippen molar-refractivity contribution in [2.75, 3.05) is 20.2 Å². The Morgan fingerprint density at radius 3 is 2.48 bits per heavy atom. The van der Waals surface area contributed by atoms with Crippen LogP contribution >= 0.6 is 0 Å². The summed E-state index contributed by atoms with van der Waals surface area (Å²) >= 11 is 0. The number of carbonyl (C=O) groups is 1. The molecule has 3 heteroatoms. The molecule has 0 aromatic heterocycles. The summed E-state index contributed by atoms with van der Waals surface area (Å²) in [5.74, 6) is 1.19. The van der Waals surface area contributed by atoms with Crippen LogP contribution in [0.5, 0.6) is 5.75 Å². The first-order chi connectivity index (χ1) is 10.2. The predicted molar refractivity (Wildman–Crippen MR) is 85.8 cm³/mol. The third-order valence-corrected chi connectivity index (χ3v) is 4.82. The number of Topliss-reactive ketones (excluding diaryl/α,β-unsaturated/α-hetero) is 1. The number of hydrogen-bond acceptors (Lipinski definition) is 3. The molecule has 0 bridgehead atoms. The molecule has 1 aliphatic carbocycles. The van der Waals surface area contributed by atoms with Crippen molar-refractivity contribution in [2.45, 2.75) is 51.5 Å². The molecule has 0 atom stereocenters. The van der Waals surface area contributed by atoms with Crippen molar-refractivity contribution < 1.29 is 9.53 Å². The predicted octanol–water partition coefficient (Wildman–Crippen LogP) is 3.46. The molecule has 0 heterocycles. The molecule has 21 heavy (non-hydrogen) atoms. The topological polar surface area (TPSA) is 29.5 Å². The van der Waals surface area contributed by atoms with Crippen molar-refractivity contribution in [1.82, 2.24) is 4.90 Å². The zero-order valence-corrected chi connectivity index (χ0v) is 13.5. The fourth-order valence-corrected chi connectivity index (χ4v) is 3.69. The van der Waals surface area contributed by atoms with Crippen molar-refractivity contribution in [3.05, 3.63) is 29.8 Å². The second kappa shape index (κ2) is 7.08. The Morgan fingerprint density at radius 2 is 1.90 bits per heavy atom. The van der Waals surface area contributed by atoms with Gasteiger partial charge in [-0.2, -0.15) is 0 Å². The highest BCUT2D eigenvalue weighted by molar-refractivity contribution is 5.90. The van der Waals surface area contributed by atoms with E-state index in [4.69, 9.17) is 4.74 Å². The van der Waals surface area contributed by atoms with Crippen molar-refractivity contribution in [2.24, 2.45) is 0 Å². The minimum atomic E-state index is -0.230. The van der Waals surface area contributed by atoms with Crippen LogP contribution in [-0.4, -0.2) is 36.4 Å². The van der Waals surface area contributed by atoms with Crippen molar-refractivity contribution in [3.8, 4) is 5.75 Å². The maximum atomic E-state index is 13.0. The zero-order chi connectivity index (χ0) is 15.3. The maximum Gasteiger partial charge on any atom is 0.157 e. The van der Waals surface area contributed by atoms with E-state index in [0.717, 1.165) is 37.2 Å². The Morgan fingerprint density at radius 1 is 1.24 bits per heavy atom. The lowest BCUT2D eigenvalue weighted by Crippen LogP contribution is -2.53. The molecule has 0 aliphatic heterocycles. The first-order valence-corrected chi connectivity index (χ1v) is 8.07. The van der Waals surface area contributed by atoms with Gasteiger partial charge in [-0.3, -0.25) is 9.69 Å². The van der Waals surface area contributed by atoms with E-state index < -0.39 is 0 Å². The number of ether oxygens (including phenoxy) is 1. The summed E-state index contributed by atoms with van der Waals surface area (Å²) in [7, 11) is 1.66. The first-order valence-electron chi connectivity index (χ1n) is 8.07. The van der Waals surface area contributed by atoms with Crippen LogP contribution in [-0.2, 0) is 11.2 Å².